The van der Waals surface area contributed by atoms with Crippen LogP contribution in [-0.4, -0.2) is 27.3 Å². The van der Waals surface area contributed by atoms with Crippen LogP contribution in [0.1, 0.15) is 56.3 Å². The van der Waals surface area contributed by atoms with Gasteiger partial charge in [-0.15, -0.1) is 5.10 Å². The zero-order chi connectivity index (χ0) is 17.8. The third kappa shape index (κ3) is 4.09. The standard InChI is InChI=1S/C20H27N3O2/c1-14(2)13-25-20-21-18(17-12-8-7-9-15(17)3)23(22-20)19(24)16-10-5-4-6-11-16/h7-9,12,14,16H,4-6,10-11,13H2,1-3H3. The Morgan fingerprint density at radius 1 is 1.24 bits per heavy atom. The Hall–Kier alpha value is -2.17. The highest BCUT2D eigenvalue weighted by atomic mass is 16.5. The van der Waals surface area contributed by atoms with Crippen molar-refractivity contribution >= 4 is 5.91 Å². The van der Waals surface area contributed by atoms with Gasteiger partial charge in [-0.05, 0) is 31.2 Å². The predicted molar refractivity (Wildman–Crippen MR) is 97.7 cm³/mol. The number of nitrogens with zero attached hydrogens (tertiary/aromatic N) is 3. The Bertz CT molecular complexity index is 730. The molecule has 0 spiro atoms. The van der Waals surface area contributed by atoms with Gasteiger partial charge >= 0.3 is 6.01 Å². The van der Waals surface area contributed by atoms with Crippen molar-refractivity contribution in [1.82, 2.24) is 14.8 Å². The molecule has 2 aromatic rings. The molecule has 5 nitrogen and oxygen atoms in total. The van der Waals surface area contributed by atoms with Crippen LogP contribution in [0.4, 0.5) is 0 Å². The molecule has 1 aromatic carbocycles. The third-order valence-corrected chi connectivity index (χ3v) is 4.68. The van der Waals surface area contributed by atoms with Gasteiger partial charge in [0.05, 0.1) is 6.61 Å². The summed E-state index contributed by atoms with van der Waals surface area (Å²) in [5, 5.41) is 4.41. The van der Waals surface area contributed by atoms with Crippen molar-refractivity contribution in [3.05, 3.63) is 29.8 Å². The molecule has 1 saturated carbocycles. The number of hydrogen-bond acceptors (Lipinski definition) is 4. The van der Waals surface area contributed by atoms with E-state index in [9.17, 15) is 4.79 Å². The van der Waals surface area contributed by atoms with Crippen LogP contribution in [0, 0.1) is 18.8 Å². The summed E-state index contributed by atoms with van der Waals surface area (Å²) in [5.41, 5.74) is 2.00. The molecule has 0 N–H and O–H groups in total. The summed E-state index contributed by atoms with van der Waals surface area (Å²) in [6, 6.07) is 8.24. The van der Waals surface area contributed by atoms with Gasteiger partial charge in [0, 0.05) is 11.5 Å². The topological polar surface area (TPSA) is 57.0 Å². The van der Waals surface area contributed by atoms with Crippen molar-refractivity contribution in [2.45, 2.75) is 52.9 Å². The van der Waals surface area contributed by atoms with Gasteiger partial charge in [0.2, 0.25) is 0 Å². The lowest BCUT2D eigenvalue weighted by Crippen LogP contribution is -2.25. The first kappa shape index (κ1) is 17.6. The van der Waals surface area contributed by atoms with Crippen molar-refractivity contribution in [2.75, 3.05) is 6.61 Å². The molecular weight excluding hydrogens is 314 g/mol. The Labute approximate surface area is 149 Å². The largest absolute Gasteiger partial charge is 0.462 e. The zero-order valence-electron chi connectivity index (χ0n) is 15.4. The van der Waals surface area contributed by atoms with E-state index in [1.54, 1.807) is 0 Å². The van der Waals surface area contributed by atoms with Crippen molar-refractivity contribution in [3.63, 3.8) is 0 Å². The average Bonchev–Trinajstić information content (AvgIpc) is 3.04. The summed E-state index contributed by atoms with van der Waals surface area (Å²) in [6.45, 7) is 6.71. The second-order valence-corrected chi connectivity index (χ2v) is 7.32. The molecule has 1 aromatic heterocycles. The minimum absolute atomic E-state index is 0.0381. The van der Waals surface area contributed by atoms with Crippen LogP contribution in [-0.2, 0) is 0 Å². The Morgan fingerprint density at radius 3 is 2.64 bits per heavy atom. The van der Waals surface area contributed by atoms with Gasteiger partial charge in [-0.3, -0.25) is 4.79 Å². The van der Waals surface area contributed by atoms with Crippen molar-refractivity contribution < 1.29 is 9.53 Å². The predicted octanol–water partition coefficient (Wildman–Crippen LogP) is 4.51. The first-order valence-corrected chi connectivity index (χ1v) is 9.26. The van der Waals surface area contributed by atoms with Gasteiger partial charge in [-0.1, -0.05) is 57.4 Å². The summed E-state index contributed by atoms with van der Waals surface area (Å²) in [7, 11) is 0. The van der Waals surface area contributed by atoms with Gasteiger partial charge in [-0.2, -0.15) is 9.67 Å². The van der Waals surface area contributed by atoms with E-state index in [1.807, 2.05) is 31.2 Å². The van der Waals surface area contributed by atoms with Crippen LogP contribution < -0.4 is 4.74 Å². The number of ether oxygens (including phenoxy) is 1. The van der Waals surface area contributed by atoms with E-state index in [0.29, 0.717) is 18.3 Å². The number of benzene rings is 1. The highest BCUT2D eigenvalue weighted by Gasteiger charge is 2.27. The lowest BCUT2D eigenvalue weighted by atomic mass is 9.88. The molecule has 5 heteroatoms. The number of carbonyl (C=O) groups excluding carboxylic acids is 1. The van der Waals surface area contributed by atoms with Crippen molar-refractivity contribution in [1.29, 1.82) is 0 Å². The van der Waals surface area contributed by atoms with Crippen LogP contribution in [0.3, 0.4) is 0 Å². The van der Waals surface area contributed by atoms with E-state index < -0.39 is 0 Å². The first-order chi connectivity index (χ1) is 12.1. The first-order valence-electron chi connectivity index (χ1n) is 9.26. The highest BCUT2D eigenvalue weighted by Crippen LogP contribution is 2.29. The fourth-order valence-electron chi connectivity index (χ4n) is 3.27. The molecule has 3 rings (SSSR count). The number of carbonyl (C=O) groups is 1. The minimum atomic E-state index is 0.0381. The molecule has 25 heavy (non-hydrogen) atoms. The number of aromatic nitrogens is 3. The smallest absolute Gasteiger partial charge is 0.336 e. The second kappa shape index (κ2) is 7.81. The van der Waals surface area contributed by atoms with Crippen molar-refractivity contribution in [3.8, 4) is 17.4 Å². The SMILES string of the molecule is Cc1ccccc1-c1nc(OCC(C)C)nn1C(=O)C1CCCCC1. The monoisotopic (exact) mass is 341 g/mol. The molecule has 0 atom stereocenters. The van der Waals surface area contributed by atoms with Gasteiger partial charge in [-0.25, -0.2) is 0 Å². The van der Waals surface area contributed by atoms with Crippen LogP contribution in [0.25, 0.3) is 11.4 Å². The lowest BCUT2D eigenvalue weighted by molar-refractivity contribution is 0.0784. The van der Waals surface area contributed by atoms with Crippen molar-refractivity contribution in [2.24, 2.45) is 11.8 Å². The molecule has 1 heterocycles. The van der Waals surface area contributed by atoms with E-state index in [0.717, 1.165) is 36.8 Å². The normalized spacial score (nSPS) is 15.5. The van der Waals surface area contributed by atoms with Crippen LogP contribution in [0.15, 0.2) is 24.3 Å². The lowest BCUT2D eigenvalue weighted by Gasteiger charge is -2.20. The Balaban J connectivity index is 1.96. The zero-order valence-corrected chi connectivity index (χ0v) is 15.4. The molecule has 0 amide bonds. The maximum Gasteiger partial charge on any atom is 0.336 e. The van der Waals surface area contributed by atoms with E-state index >= 15 is 0 Å². The number of rotatable bonds is 5. The van der Waals surface area contributed by atoms with E-state index in [-0.39, 0.29) is 17.8 Å². The molecule has 0 saturated heterocycles. The molecule has 0 unspecified atom stereocenters. The minimum Gasteiger partial charge on any atom is -0.462 e. The molecule has 0 aliphatic heterocycles. The molecule has 1 fully saturated rings. The fraction of sp³-hybridized carbons (Fsp3) is 0.550. The summed E-state index contributed by atoms with van der Waals surface area (Å²) in [4.78, 5) is 17.6. The average molecular weight is 341 g/mol. The summed E-state index contributed by atoms with van der Waals surface area (Å²) < 4.78 is 7.17. The number of aryl methyl sites for hydroxylation is 1. The highest BCUT2D eigenvalue weighted by molar-refractivity contribution is 5.84. The quantitative estimate of drug-likeness (QED) is 0.803. The molecule has 134 valence electrons. The molecule has 1 aliphatic carbocycles. The van der Waals surface area contributed by atoms with E-state index in [1.165, 1.54) is 11.1 Å². The van der Waals surface area contributed by atoms with Gasteiger partial charge in [0.15, 0.2) is 5.82 Å². The van der Waals surface area contributed by atoms with Crippen LogP contribution in [0.2, 0.25) is 0 Å². The molecule has 0 radical (unpaired) electrons. The summed E-state index contributed by atoms with van der Waals surface area (Å²) in [6.07, 6.45) is 5.32. The molecular formula is C20H27N3O2. The summed E-state index contributed by atoms with van der Waals surface area (Å²) in [5.74, 6) is 1.05. The third-order valence-electron chi connectivity index (χ3n) is 4.68. The van der Waals surface area contributed by atoms with E-state index in [2.05, 4.69) is 23.9 Å². The maximum absolute atomic E-state index is 13.1. The molecule has 0 bridgehead atoms. The van der Waals surface area contributed by atoms with Crippen LogP contribution in [0.5, 0.6) is 6.01 Å². The van der Waals surface area contributed by atoms with Gasteiger partial charge in [0.25, 0.3) is 5.91 Å². The van der Waals surface area contributed by atoms with E-state index in [4.69, 9.17) is 4.74 Å². The van der Waals surface area contributed by atoms with Gasteiger partial charge in [0.1, 0.15) is 0 Å². The summed E-state index contributed by atoms with van der Waals surface area (Å²) >= 11 is 0. The Morgan fingerprint density at radius 2 is 1.96 bits per heavy atom. The fourth-order valence-corrected chi connectivity index (χ4v) is 3.27. The van der Waals surface area contributed by atoms with Crippen LogP contribution >= 0.6 is 0 Å². The Kier molecular flexibility index (Phi) is 5.51. The maximum atomic E-state index is 13.1. The van der Waals surface area contributed by atoms with Gasteiger partial charge < -0.3 is 4.74 Å². The second-order valence-electron chi connectivity index (χ2n) is 7.32. The molecule has 1 aliphatic rings. The number of hydrogen-bond donors (Lipinski definition) is 0.